The lowest BCUT2D eigenvalue weighted by Gasteiger charge is -2.17. The van der Waals surface area contributed by atoms with Gasteiger partial charge in [-0.25, -0.2) is 0 Å². The molecule has 0 amide bonds. The first-order valence-electron chi connectivity index (χ1n) is 8.10. The number of halogens is 1. The lowest BCUT2D eigenvalue weighted by molar-refractivity contribution is 0.0956. The molecule has 126 valence electrons. The molecule has 0 saturated heterocycles. The zero-order chi connectivity index (χ0) is 15.4. The van der Waals surface area contributed by atoms with Crippen LogP contribution in [0.1, 0.15) is 34.9 Å². The average Bonchev–Trinajstić information content (AvgIpc) is 2.81. The number of fused-ring (bicyclic) bond motifs is 1. The summed E-state index contributed by atoms with van der Waals surface area (Å²) in [7, 11) is 3.76. The number of aromatic nitrogens is 2. The molecule has 0 saturated carbocycles. The minimum Gasteiger partial charge on any atom is -0.377 e. The Balaban J connectivity index is 0.00000192. The molecule has 0 radical (unpaired) electrons. The molecular weight excluding hydrogens is 310 g/mol. The van der Waals surface area contributed by atoms with Crippen molar-refractivity contribution in [1.82, 2.24) is 15.1 Å². The van der Waals surface area contributed by atoms with E-state index >= 15 is 0 Å². The molecule has 1 aromatic carbocycles. The van der Waals surface area contributed by atoms with Gasteiger partial charge in [0.2, 0.25) is 0 Å². The number of aryl methyl sites for hydroxylation is 2. The zero-order valence-corrected chi connectivity index (χ0v) is 14.7. The smallest absolute Gasteiger partial charge is 0.0825 e. The molecule has 1 atom stereocenters. The summed E-state index contributed by atoms with van der Waals surface area (Å²) in [6.45, 7) is 2.15. The molecule has 4 nitrogen and oxygen atoms in total. The Hall–Kier alpha value is -1.36. The molecule has 1 aliphatic rings. The van der Waals surface area contributed by atoms with Gasteiger partial charge < -0.3 is 10.1 Å². The second kappa shape index (κ2) is 8.48. The van der Waals surface area contributed by atoms with Crippen molar-refractivity contribution in [1.29, 1.82) is 0 Å². The topological polar surface area (TPSA) is 39.1 Å². The van der Waals surface area contributed by atoms with Crippen LogP contribution in [0.3, 0.4) is 0 Å². The second-order valence-electron chi connectivity index (χ2n) is 6.02. The van der Waals surface area contributed by atoms with Crippen LogP contribution in [-0.4, -0.2) is 30.0 Å². The minimum atomic E-state index is 0. The molecule has 1 aromatic heterocycles. The van der Waals surface area contributed by atoms with Gasteiger partial charge in [0.1, 0.15) is 0 Å². The Morgan fingerprint density at radius 1 is 1.22 bits per heavy atom. The maximum Gasteiger partial charge on any atom is 0.0825 e. The minimum absolute atomic E-state index is 0. The monoisotopic (exact) mass is 335 g/mol. The van der Waals surface area contributed by atoms with Gasteiger partial charge in [0.05, 0.1) is 11.8 Å². The Kier molecular flexibility index (Phi) is 6.63. The van der Waals surface area contributed by atoms with Crippen molar-refractivity contribution in [2.75, 3.05) is 20.2 Å². The average molecular weight is 336 g/mol. The molecular formula is C18H26ClN3O. The van der Waals surface area contributed by atoms with E-state index in [1.165, 1.54) is 16.7 Å². The van der Waals surface area contributed by atoms with Crippen LogP contribution in [0.15, 0.2) is 30.5 Å². The standard InChI is InChI=1S/C18H25N3O.ClH/c1-21-12-9-17(20-21)5-6-18(22-2)16-4-3-14-7-10-19-11-8-15(14)13-16;/h3-4,9,12-13,18-19H,5-8,10-11H2,1-2H3;1H. The first-order valence-corrected chi connectivity index (χ1v) is 8.10. The predicted molar refractivity (Wildman–Crippen MR) is 95.2 cm³/mol. The third-order valence-electron chi connectivity index (χ3n) is 4.46. The van der Waals surface area contributed by atoms with E-state index in [0.717, 1.165) is 44.5 Å². The van der Waals surface area contributed by atoms with E-state index in [-0.39, 0.29) is 18.5 Å². The molecule has 1 unspecified atom stereocenters. The predicted octanol–water partition coefficient (Wildman–Crippen LogP) is 2.85. The molecule has 0 spiro atoms. The van der Waals surface area contributed by atoms with Crippen LogP contribution in [0.4, 0.5) is 0 Å². The van der Waals surface area contributed by atoms with Crippen molar-refractivity contribution < 1.29 is 4.74 Å². The first-order chi connectivity index (χ1) is 10.8. The molecule has 5 heteroatoms. The number of nitrogens with one attached hydrogen (secondary N) is 1. The molecule has 0 aliphatic carbocycles. The molecule has 23 heavy (non-hydrogen) atoms. The third kappa shape index (κ3) is 4.56. The van der Waals surface area contributed by atoms with E-state index in [1.807, 2.05) is 17.9 Å². The SMILES string of the molecule is COC(CCc1ccn(C)n1)c1ccc2c(c1)CCNCC2.Cl. The Labute approximate surface area is 144 Å². The summed E-state index contributed by atoms with van der Waals surface area (Å²) < 4.78 is 7.59. The Bertz CT molecular complexity index is 626. The molecule has 0 bridgehead atoms. The number of methoxy groups -OCH3 is 1. The number of nitrogens with zero attached hydrogens (tertiary/aromatic N) is 2. The first kappa shape index (κ1) is 18.0. The maximum atomic E-state index is 5.74. The van der Waals surface area contributed by atoms with E-state index in [4.69, 9.17) is 4.74 Å². The summed E-state index contributed by atoms with van der Waals surface area (Å²) in [4.78, 5) is 0. The van der Waals surface area contributed by atoms with Crippen LogP contribution >= 0.6 is 12.4 Å². The highest BCUT2D eigenvalue weighted by molar-refractivity contribution is 5.85. The highest BCUT2D eigenvalue weighted by Gasteiger charge is 2.15. The van der Waals surface area contributed by atoms with Crippen molar-refractivity contribution in [3.05, 3.63) is 52.8 Å². The molecule has 2 aromatic rings. The van der Waals surface area contributed by atoms with E-state index in [9.17, 15) is 0 Å². The summed E-state index contributed by atoms with van der Waals surface area (Å²) >= 11 is 0. The van der Waals surface area contributed by atoms with Gasteiger partial charge in [0, 0.05) is 20.4 Å². The number of rotatable bonds is 5. The van der Waals surface area contributed by atoms with Gasteiger partial charge in [-0.2, -0.15) is 5.10 Å². The van der Waals surface area contributed by atoms with Gasteiger partial charge in [-0.05, 0) is 61.5 Å². The van der Waals surface area contributed by atoms with Gasteiger partial charge in [-0.3, -0.25) is 4.68 Å². The van der Waals surface area contributed by atoms with Crippen LogP contribution < -0.4 is 5.32 Å². The summed E-state index contributed by atoms with van der Waals surface area (Å²) in [6.07, 6.45) is 6.28. The number of benzene rings is 1. The van der Waals surface area contributed by atoms with Crippen molar-refractivity contribution in [3.63, 3.8) is 0 Å². The van der Waals surface area contributed by atoms with E-state index in [2.05, 4.69) is 34.7 Å². The van der Waals surface area contributed by atoms with Gasteiger partial charge in [0.25, 0.3) is 0 Å². The van der Waals surface area contributed by atoms with E-state index in [1.54, 1.807) is 7.11 Å². The van der Waals surface area contributed by atoms with E-state index < -0.39 is 0 Å². The number of hydrogen-bond acceptors (Lipinski definition) is 3. The second-order valence-corrected chi connectivity index (χ2v) is 6.02. The highest BCUT2D eigenvalue weighted by Crippen LogP contribution is 2.25. The Morgan fingerprint density at radius 3 is 2.70 bits per heavy atom. The largest absolute Gasteiger partial charge is 0.377 e. The molecule has 0 fully saturated rings. The summed E-state index contributed by atoms with van der Waals surface area (Å²) in [6, 6.07) is 8.94. The van der Waals surface area contributed by atoms with Crippen molar-refractivity contribution in [2.45, 2.75) is 31.8 Å². The highest BCUT2D eigenvalue weighted by atomic mass is 35.5. The molecule has 3 rings (SSSR count). The third-order valence-corrected chi connectivity index (χ3v) is 4.46. The van der Waals surface area contributed by atoms with Crippen LogP contribution in [0.2, 0.25) is 0 Å². The van der Waals surface area contributed by atoms with E-state index in [0.29, 0.717) is 0 Å². The van der Waals surface area contributed by atoms with Gasteiger partial charge in [0.15, 0.2) is 0 Å². The van der Waals surface area contributed by atoms with Gasteiger partial charge in [-0.1, -0.05) is 18.2 Å². The fourth-order valence-electron chi connectivity index (χ4n) is 3.19. The van der Waals surface area contributed by atoms with Crippen LogP contribution in [0, 0.1) is 0 Å². The van der Waals surface area contributed by atoms with Crippen molar-refractivity contribution in [2.24, 2.45) is 7.05 Å². The maximum absolute atomic E-state index is 5.74. The summed E-state index contributed by atoms with van der Waals surface area (Å²) in [5.41, 5.74) is 5.37. The molecule has 1 aliphatic heterocycles. The lowest BCUT2D eigenvalue weighted by atomic mass is 9.96. The van der Waals surface area contributed by atoms with Crippen LogP contribution in [0.25, 0.3) is 0 Å². The fourth-order valence-corrected chi connectivity index (χ4v) is 3.19. The lowest BCUT2D eigenvalue weighted by Crippen LogP contribution is -2.16. The number of hydrogen-bond donors (Lipinski definition) is 1. The molecule has 1 N–H and O–H groups in total. The fraction of sp³-hybridized carbons (Fsp3) is 0.500. The van der Waals surface area contributed by atoms with Gasteiger partial charge >= 0.3 is 0 Å². The summed E-state index contributed by atoms with van der Waals surface area (Å²) in [5, 5.41) is 7.91. The summed E-state index contributed by atoms with van der Waals surface area (Å²) in [5.74, 6) is 0. The Morgan fingerprint density at radius 2 is 2.00 bits per heavy atom. The quantitative estimate of drug-likeness (QED) is 0.913. The zero-order valence-electron chi connectivity index (χ0n) is 13.9. The number of ether oxygens (including phenoxy) is 1. The van der Waals surface area contributed by atoms with Crippen LogP contribution in [-0.2, 0) is 31.0 Å². The van der Waals surface area contributed by atoms with Gasteiger partial charge in [-0.15, -0.1) is 12.4 Å². The van der Waals surface area contributed by atoms with Crippen molar-refractivity contribution >= 4 is 12.4 Å². The normalized spacial score (nSPS) is 15.4. The van der Waals surface area contributed by atoms with Crippen molar-refractivity contribution in [3.8, 4) is 0 Å². The van der Waals surface area contributed by atoms with Crippen LogP contribution in [0.5, 0.6) is 0 Å². The molecule has 2 heterocycles.